The Hall–Kier alpha value is -1.23. The fraction of sp³-hybridized carbons (Fsp3) is 0.0769. The highest BCUT2D eigenvalue weighted by Gasteiger charge is 2.00. The highest BCUT2D eigenvalue weighted by molar-refractivity contribution is 7.10. The first-order valence-electron chi connectivity index (χ1n) is 4.56. The number of rotatable bonds is 2. The summed E-state index contributed by atoms with van der Waals surface area (Å²) in [6.07, 6.45) is 6.21. The summed E-state index contributed by atoms with van der Waals surface area (Å²) in [4.78, 5) is 0.979. The molecule has 0 spiro atoms. The molecule has 0 nitrogen and oxygen atoms in total. The average molecular weight is 233 g/mol. The van der Waals surface area contributed by atoms with Gasteiger partial charge in [-0.05, 0) is 41.1 Å². The summed E-state index contributed by atoms with van der Waals surface area (Å²) >= 11 is 7.52. The molecule has 2 rings (SSSR count). The second kappa shape index (κ2) is 4.53. The third-order valence-corrected chi connectivity index (χ3v) is 3.24. The molecule has 0 atom stereocenters. The Morgan fingerprint density at radius 3 is 2.80 bits per heavy atom. The van der Waals surface area contributed by atoms with Crippen LogP contribution in [0.5, 0.6) is 0 Å². The average Bonchev–Trinajstić information content (AvgIpc) is 2.65. The van der Waals surface area contributed by atoms with Crippen LogP contribution in [-0.4, -0.2) is 0 Å². The zero-order chi connectivity index (χ0) is 10.7. The van der Waals surface area contributed by atoms with E-state index >= 15 is 0 Å². The van der Waals surface area contributed by atoms with Crippen molar-refractivity contribution in [3.63, 3.8) is 0 Å². The Bertz CT molecular complexity index is 505. The van der Waals surface area contributed by atoms with E-state index in [9.17, 15) is 0 Å². The van der Waals surface area contributed by atoms with Gasteiger partial charge in [0.05, 0.1) is 4.88 Å². The van der Waals surface area contributed by atoms with Crippen molar-refractivity contribution in [3.8, 4) is 12.3 Å². The normalized spacial score (nSPS) is 9.87. The lowest BCUT2D eigenvalue weighted by molar-refractivity contribution is 1.21. The van der Waals surface area contributed by atoms with Crippen LogP contribution in [-0.2, 0) is 6.42 Å². The van der Waals surface area contributed by atoms with Crippen LogP contribution >= 0.6 is 22.9 Å². The van der Waals surface area contributed by atoms with Crippen molar-refractivity contribution < 1.29 is 0 Å². The summed E-state index contributed by atoms with van der Waals surface area (Å²) in [7, 11) is 0. The molecule has 0 aliphatic rings. The zero-order valence-corrected chi connectivity index (χ0v) is 9.61. The van der Waals surface area contributed by atoms with Gasteiger partial charge in [-0.2, -0.15) is 0 Å². The third kappa shape index (κ3) is 2.62. The number of halogens is 1. The molecule has 0 fully saturated rings. The van der Waals surface area contributed by atoms with Gasteiger partial charge in [0.15, 0.2) is 0 Å². The van der Waals surface area contributed by atoms with Crippen molar-refractivity contribution in [3.05, 3.63) is 56.7 Å². The number of hydrogen-bond acceptors (Lipinski definition) is 1. The number of benzene rings is 1. The quantitative estimate of drug-likeness (QED) is 0.688. The Kier molecular flexibility index (Phi) is 3.11. The van der Waals surface area contributed by atoms with Crippen LogP contribution in [0.25, 0.3) is 0 Å². The molecule has 74 valence electrons. The van der Waals surface area contributed by atoms with Crippen molar-refractivity contribution in [1.82, 2.24) is 0 Å². The monoisotopic (exact) mass is 232 g/mol. The van der Waals surface area contributed by atoms with Crippen LogP contribution in [0.1, 0.15) is 16.0 Å². The first-order valence-corrected chi connectivity index (χ1v) is 5.82. The first kappa shape index (κ1) is 10.3. The van der Waals surface area contributed by atoms with Crippen LogP contribution in [0.15, 0.2) is 35.7 Å². The van der Waals surface area contributed by atoms with E-state index in [0.29, 0.717) is 0 Å². The molecule has 1 aromatic carbocycles. The Morgan fingerprint density at radius 2 is 2.13 bits per heavy atom. The van der Waals surface area contributed by atoms with E-state index in [2.05, 4.69) is 17.4 Å². The second-order valence-electron chi connectivity index (χ2n) is 3.27. The molecule has 0 bridgehead atoms. The van der Waals surface area contributed by atoms with Crippen molar-refractivity contribution >= 4 is 22.9 Å². The molecule has 15 heavy (non-hydrogen) atoms. The van der Waals surface area contributed by atoms with E-state index in [4.69, 9.17) is 18.0 Å². The minimum absolute atomic E-state index is 0.778. The SMILES string of the molecule is C#Cc1cc(Cc2cccc(Cl)c2)cs1. The summed E-state index contributed by atoms with van der Waals surface area (Å²) in [6, 6.07) is 9.94. The molecule has 0 amide bonds. The summed E-state index contributed by atoms with van der Waals surface area (Å²) < 4.78 is 0. The van der Waals surface area contributed by atoms with E-state index < -0.39 is 0 Å². The van der Waals surface area contributed by atoms with Crippen molar-refractivity contribution in [2.75, 3.05) is 0 Å². The molecule has 1 heterocycles. The van der Waals surface area contributed by atoms with Crippen LogP contribution in [0.2, 0.25) is 5.02 Å². The molecule has 0 radical (unpaired) electrons. The third-order valence-electron chi connectivity index (χ3n) is 2.09. The smallest absolute Gasteiger partial charge is 0.0768 e. The minimum Gasteiger partial charge on any atom is -0.135 e. The summed E-state index contributed by atoms with van der Waals surface area (Å²) in [5, 5.41) is 2.87. The van der Waals surface area contributed by atoms with Crippen LogP contribution < -0.4 is 0 Å². The second-order valence-corrected chi connectivity index (χ2v) is 4.62. The lowest BCUT2D eigenvalue weighted by atomic mass is 10.1. The maximum atomic E-state index is 5.91. The van der Waals surface area contributed by atoms with E-state index in [-0.39, 0.29) is 0 Å². The van der Waals surface area contributed by atoms with Crippen molar-refractivity contribution in [2.24, 2.45) is 0 Å². The van der Waals surface area contributed by atoms with Gasteiger partial charge in [0.25, 0.3) is 0 Å². The van der Waals surface area contributed by atoms with Gasteiger partial charge in [0.2, 0.25) is 0 Å². The van der Waals surface area contributed by atoms with Crippen LogP contribution in [0.3, 0.4) is 0 Å². The van der Waals surface area contributed by atoms with Gasteiger partial charge in [0.1, 0.15) is 0 Å². The van der Waals surface area contributed by atoms with E-state index in [1.165, 1.54) is 11.1 Å². The highest BCUT2D eigenvalue weighted by atomic mass is 35.5. The first-order chi connectivity index (χ1) is 7.28. The molecule has 0 saturated heterocycles. The van der Waals surface area contributed by atoms with Crippen LogP contribution in [0, 0.1) is 12.3 Å². The summed E-state index contributed by atoms with van der Waals surface area (Å²) in [6.45, 7) is 0. The fourth-order valence-corrected chi connectivity index (χ4v) is 2.36. The van der Waals surface area contributed by atoms with E-state index in [1.807, 2.05) is 24.3 Å². The molecule has 1 aromatic heterocycles. The topological polar surface area (TPSA) is 0 Å². The predicted octanol–water partition coefficient (Wildman–Crippen LogP) is 3.97. The zero-order valence-electron chi connectivity index (χ0n) is 8.03. The highest BCUT2D eigenvalue weighted by Crippen LogP contribution is 2.19. The van der Waals surface area contributed by atoms with Gasteiger partial charge in [-0.25, -0.2) is 0 Å². The molecule has 0 N–H and O–H groups in total. The van der Waals surface area contributed by atoms with E-state index in [1.54, 1.807) is 11.3 Å². The number of hydrogen-bond donors (Lipinski definition) is 0. The summed E-state index contributed by atoms with van der Waals surface area (Å²) in [5.41, 5.74) is 2.46. The van der Waals surface area contributed by atoms with Gasteiger partial charge in [-0.15, -0.1) is 17.8 Å². The molecule has 0 saturated carbocycles. The molecule has 2 heteroatoms. The molecule has 0 aliphatic carbocycles. The lowest BCUT2D eigenvalue weighted by Gasteiger charge is -1.98. The van der Waals surface area contributed by atoms with Gasteiger partial charge in [-0.3, -0.25) is 0 Å². The van der Waals surface area contributed by atoms with Crippen LogP contribution in [0.4, 0.5) is 0 Å². The molecule has 2 aromatic rings. The summed E-state index contributed by atoms with van der Waals surface area (Å²) in [5.74, 6) is 2.64. The predicted molar refractivity (Wildman–Crippen MR) is 66.5 cm³/mol. The van der Waals surface area contributed by atoms with Gasteiger partial charge in [0, 0.05) is 5.02 Å². The van der Waals surface area contributed by atoms with Gasteiger partial charge >= 0.3 is 0 Å². The number of terminal acetylenes is 1. The Balaban J connectivity index is 2.19. The van der Waals surface area contributed by atoms with Crippen molar-refractivity contribution in [1.29, 1.82) is 0 Å². The van der Waals surface area contributed by atoms with E-state index in [0.717, 1.165) is 16.3 Å². The standard InChI is InChI=1S/C13H9ClS/c1-2-13-8-11(9-15-13)6-10-4-3-5-12(14)7-10/h1,3-5,7-9H,6H2. The molecular weight excluding hydrogens is 224 g/mol. The number of thiophene rings is 1. The lowest BCUT2D eigenvalue weighted by Crippen LogP contribution is -1.84. The van der Waals surface area contributed by atoms with Gasteiger partial charge < -0.3 is 0 Å². The van der Waals surface area contributed by atoms with Crippen molar-refractivity contribution in [2.45, 2.75) is 6.42 Å². The minimum atomic E-state index is 0.778. The molecule has 0 aliphatic heterocycles. The maximum Gasteiger partial charge on any atom is 0.0768 e. The molecule has 0 unspecified atom stereocenters. The Morgan fingerprint density at radius 1 is 1.27 bits per heavy atom. The molecular formula is C13H9ClS. The maximum absolute atomic E-state index is 5.91. The van der Waals surface area contributed by atoms with Gasteiger partial charge in [-0.1, -0.05) is 29.7 Å². The fourth-order valence-electron chi connectivity index (χ4n) is 1.43. The largest absolute Gasteiger partial charge is 0.135 e. The Labute approximate surface area is 98.5 Å².